The number of thiazole rings is 1. The van der Waals surface area contributed by atoms with Gasteiger partial charge in [0.1, 0.15) is 10.4 Å². The highest BCUT2D eigenvalue weighted by atomic mass is 79.9. The lowest BCUT2D eigenvalue weighted by molar-refractivity contribution is 0.941. The van der Waals surface area contributed by atoms with Gasteiger partial charge in [0.2, 0.25) is 0 Å². The Morgan fingerprint density at radius 1 is 1.33 bits per heavy atom. The Hall–Kier alpha value is -1.71. The number of aromatic nitrogens is 3. The second kappa shape index (κ2) is 4.52. The van der Waals surface area contributed by atoms with E-state index in [-0.39, 0.29) is 6.42 Å². The minimum Gasteiger partial charge on any atom is -0.271 e. The summed E-state index contributed by atoms with van der Waals surface area (Å²) in [6.07, 6.45) is 0.270. The van der Waals surface area contributed by atoms with Crippen molar-refractivity contribution in [3.63, 3.8) is 0 Å². The first-order chi connectivity index (χ1) is 8.79. The molecule has 18 heavy (non-hydrogen) atoms. The SMILES string of the molecule is N#CCc1nc2ccccc2n1-c1nc(Br)cs1. The monoisotopic (exact) mass is 318 g/mol. The lowest BCUT2D eigenvalue weighted by atomic mass is 10.3. The number of hydrogen-bond acceptors (Lipinski definition) is 4. The van der Waals surface area contributed by atoms with E-state index in [4.69, 9.17) is 5.26 Å². The van der Waals surface area contributed by atoms with Crippen LogP contribution in [-0.4, -0.2) is 14.5 Å². The van der Waals surface area contributed by atoms with Gasteiger partial charge in [-0.1, -0.05) is 12.1 Å². The third-order valence-electron chi connectivity index (χ3n) is 2.52. The van der Waals surface area contributed by atoms with Crippen molar-refractivity contribution < 1.29 is 0 Å². The van der Waals surface area contributed by atoms with Crippen molar-refractivity contribution in [2.45, 2.75) is 6.42 Å². The van der Waals surface area contributed by atoms with Crippen molar-refractivity contribution in [2.24, 2.45) is 0 Å². The molecule has 0 aliphatic carbocycles. The van der Waals surface area contributed by atoms with E-state index in [0.717, 1.165) is 26.6 Å². The second-order valence-electron chi connectivity index (χ2n) is 3.64. The standard InChI is InChI=1S/C12H7BrN4S/c13-10-7-18-12(16-10)17-9-4-2-1-3-8(9)15-11(17)5-6-14/h1-4,7H,5H2. The molecule has 0 aliphatic heterocycles. The van der Waals surface area contributed by atoms with E-state index in [1.54, 1.807) is 0 Å². The van der Waals surface area contributed by atoms with Crippen LogP contribution in [0.3, 0.4) is 0 Å². The number of para-hydroxylation sites is 2. The predicted molar refractivity (Wildman–Crippen MR) is 73.8 cm³/mol. The van der Waals surface area contributed by atoms with Gasteiger partial charge in [-0.05, 0) is 28.1 Å². The van der Waals surface area contributed by atoms with Crippen LogP contribution in [0.15, 0.2) is 34.2 Å². The summed E-state index contributed by atoms with van der Waals surface area (Å²) < 4.78 is 2.73. The number of halogens is 1. The highest BCUT2D eigenvalue weighted by molar-refractivity contribution is 9.10. The van der Waals surface area contributed by atoms with Gasteiger partial charge >= 0.3 is 0 Å². The Labute approximate surface area is 116 Å². The summed E-state index contributed by atoms with van der Waals surface area (Å²) in [6.45, 7) is 0. The van der Waals surface area contributed by atoms with Crippen LogP contribution in [0.2, 0.25) is 0 Å². The summed E-state index contributed by atoms with van der Waals surface area (Å²) in [5, 5.41) is 11.6. The molecule has 2 heterocycles. The molecule has 3 rings (SSSR count). The van der Waals surface area contributed by atoms with Gasteiger partial charge in [0.05, 0.1) is 23.5 Å². The van der Waals surface area contributed by atoms with Crippen LogP contribution in [0.4, 0.5) is 0 Å². The van der Waals surface area contributed by atoms with Crippen LogP contribution < -0.4 is 0 Å². The third kappa shape index (κ3) is 1.82. The van der Waals surface area contributed by atoms with Gasteiger partial charge in [-0.2, -0.15) is 5.26 Å². The summed E-state index contributed by atoms with van der Waals surface area (Å²) >= 11 is 4.86. The van der Waals surface area contributed by atoms with E-state index in [9.17, 15) is 0 Å². The molecule has 0 saturated carbocycles. The van der Waals surface area contributed by atoms with E-state index in [1.807, 2.05) is 34.2 Å². The number of benzene rings is 1. The van der Waals surface area contributed by atoms with E-state index in [0.29, 0.717) is 0 Å². The molecule has 3 aromatic rings. The first-order valence-corrected chi connectivity index (χ1v) is 6.91. The lowest BCUT2D eigenvalue weighted by Crippen LogP contribution is -1.99. The first kappa shape index (κ1) is 11.4. The molecule has 2 aromatic heterocycles. The van der Waals surface area contributed by atoms with Gasteiger partial charge < -0.3 is 0 Å². The summed E-state index contributed by atoms with van der Waals surface area (Å²) in [7, 11) is 0. The van der Waals surface area contributed by atoms with Gasteiger partial charge in [0, 0.05) is 5.38 Å². The maximum atomic E-state index is 8.89. The fraction of sp³-hybridized carbons (Fsp3) is 0.0833. The Morgan fingerprint density at radius 3 is 2.89 bits per heavy atom. The van der Waals surface area contributed by atoms with Crippen LogP contribution in [0, 0.1) is 11.3 Å². The molecule has 0 N–H and O–H groups in total. The second-order valence-corrected chi connectivity index (χ2v) is 5.29. The molecule has 0 amide bonds. The molecule has 88 valence electrons. The van der Waals surface area contributed by atoms with Gasteiger partial charge in [-0.3, -0.25) is 4.57 Å². The summed E-state index contributed by atoms with van der Waals surface area (Å²) in [5.41, 5.74) is 1.86. The van der Waals surface area contributed by atoms with Crippen molar-refractivity contribution in [1.82, 2.24) is 14.5 Å². The summed E-state index contributed by atoms with van der Waals surface area (Å²) in [5.74, 6) is 0.723. The third-order valence-corrected chi connectivity index (χ3v) is 4.06. The minimum atomic E-state index is 0.270. The van der Waals surface area contributed by atoms with Crippen molar-refractivity contribution in [1.29, 1.82) is 5.26 Å². The van der Waals surface area contributed by atoms with Crippen LogP contribution in [0.1, 0.15) is 5.82 Å². The van der Waals surface area contributed by atoms with E-state index >= 15 is 0 Å². The van der Waals surface area contributed by atoms with Crippen molar-refractivity contribution in [2.75, 3.05) is 0 Å². The van der Waals surface area contributed by atoms with E-state index < -0.39 is 0 Å². The quantitative estimate of drug-likeness (QED) is 0.728. The van der Waals surface area contributed by atoms with Crippen LogP contribution >= 0.6 is 27.3 Å². The molecular weight excluding hydrogens is 312 g/mol. The smallest absolute Gasteiger partial charge is 0.196 e. The van der Waals surface area contributed by atoms with Crippen molar-refractivity contribution >= 4 is 38.3 Å². The molecule has 0 spiro atoms. The Balaban J connectivity index is 2.31. The highest BCUT2D eigenvalue weighted by Crippen LogP contribution is 2.25. The lowest BCUT2D eigenvalue weighted by Gasteiger charge is -2.02. The van der Waals surface area contributed by atoms with Crippen molar-refractivity contribution in [3.05, 3.63) is 40.1 Å². The molecule has 0 unspecified atom stereocenters. The predicted octanol–water partition coefficient (Wildman–Crippen LogP) is 3.31. The molecule has 0 bridgehead atoms. The molecule has 0 radical (unpaired) electrons. The number of fused-ring (bicyclic) bond motifs is 1. The molecule has 1 aromatic carbocycles. The van der Waals surface area contributed by atoms with Gasteiger partial charge in [-0.15, -0.1) is 11.3 Å². The maximum Gasteiger partial charge on any atom is 0.196 e. The zero-order chi connectivity index (χ0) is 12.5. The fourth-order valence-corrected chi connectivity index (χ4v) is 3.11. The van der Waals surface area contributed by atoms with E-state index in [1.165, 1.54) is 11.3 Å². The fourth-order valence-electron chi connectivity index (χ4n) is 1.83. The van der Waals surface area contributed by atoms with Crippen LogP contribution in [-0.2, 0) is 6.42 Å². The topological polar surface area (TPSA) is 54.5 Å². The normalized spacial score (nSPS) is 10.7. The number of nitrogens with zero attached hydrogens (tertiary/aromatic N) is 4. The van der Waals surface area contributed by atoms with Crippen LogP contribution in [0.5, 0.6) is 0 Å². The number of rotatable bonds is 2. The molecular formula is C12H7BrN4S. The number of imidazole rings is 1. The van der Waals surface area contributed by atoms with Crippen LogP contribution in [0.25, 0.3) is 16.2 Å². The average molecular weight is 319 g/mol. The Bertz CT molecular complexity index is 753. The van der Waals surface area contributed by atoms with Gasteiger partial charge in [-0.25, -0.2) is 9.97 Å². The molecule has 0 atom stereocenters. The molecule has 0 saturated heterocycles. The minimum absolute atomic E-state index is 0.270. The first-order valence-electron chi connectivity index (χ1n) is 5.24. The zero-order valence-corrected chi connectivity index (χ0v) is 11.6. The average Bonchev–Trinajstić information content (AvgIpc) is 2.92. The molecule has 6 heteroatoms. The zero-order valence-electron chi connectivity index (χ0n) is 9.17. The van der Waals surface area contributed by atoms with E-state index in [2.05, 4.69) is 32.0 Å². The molecule has 0 fully saturated rings. The summed E-state index contributed by atoms with van der Waals surface area (Å²) in [6, 6.07) is 9.96. The Morgan fingerprint density at radius 2 is 2.17 bits per heavy atom. The maximum absolute atomic E-state index is 8.89. The van der Waals surface area contributed by atoms with Gasteiger partial charge in [0.15, 0.2) is 5.13 Å². The molecule has 0 aliphatic rings. The summed E-state index contributed by atoms with van der Waals surface area (Å²) in [4.78, 5) is 8.87. The molecule has 4 nitrogen and oxygen atoms in total. The Kier molecular flexibility index (Phi) is 2.86. The van der Waals surface area contributed by atoms with Crippen molar-refractivity contribution in [3.8, 4) is 11.2 Å². The number of nitriles is 1. The van der Waals surface area contributed by atoms with Gasteiger partial charge in [0.25, 0.3) is 0 Å². The number of hydrogen-bond donors (Lipinski definition) is 0. The largest absolute Gasteiger partial charge is 0.271 e. The highest BCUT2D eigenvalue weighted by Gasteiger charge is 2.14.